The zero-order valence-corrected chi connectivity index (χ0v) is 16.3. The van der Waals surface area contributed by atoms with E-state index in [1.165, 1.54) is 0 Å². The van der Waals surface area contributed by atoms with E-state index in [4.69, 9.17) is 19.3 Å². The number of carboxylic acids is 1. The van der Waals surface area contributed by atoms with Gasteiger partial charge in [0.2, 0.25) is 5.75 Å². The molecule has 0 aromatic heterocycles. The molecule has 156 valence electrons. The molecule has 3 N–H and O–H groups in total. The number of ether oxygens (including phenoxy) is 3. The lowest BCUT2D eigenvalue weighted by Crippen LogP contribution is -2.39. The molecule has 1 saturated carbocycles. The van der Waals surface area contributed by atoms with Gasteiger partial charge in [-0.1, -0.05) is 25.1 Å². The van der Waals surface area contributed by atoms with E-state index in [1.54, 1.807) is 30.4 Å². The number of carboxylic acid groups (broad SMARTS) is 1. The lowest BCUT2D eigenvalue weighted by atomic mass is 10.0. The summed E-state index contributed by atoms with van der Waals surface area (Å²) in [6, 6.07) is 5.02. The second-order valence-corrected chi connectivity index (χ2v) is 7.08. The quantitative estimate of drug-likeness (QED) is 0.474. The van der Waals surface area contributed by atoms with Crippen LogP contribution in [-0.4, -0.2) is 52.3 Å². The third-order valence-corrected chi connectivity index (χ3v) is 4.91. The minimum absolute atomic E-state index is 0.292. The molecule has 7 nitrogen and oxygen atoms in total. The van der Waals surface area contributed by atoms with Gasteiger partial charge in [-0.05, 0) is 18.6 Å². The third kappa shape index (κ3) is 5.22. The van der Waals surface area contributed by atoms with Crippen LogP contribution in [0.3, 0.4) is 0 Å². The van der Waals surface area contributed by atoms with Gasteiger partial charge < -0.3 is 29.5 Å². The number of aliphatic hydroxyl groups excluding tert-OH is 2. The molecule has 1 aliphatic heterocycles. The van der Waals surface area contributed by atoms with Crippen LogP contribution in [0.5, 0.6) is 17.2 Å². The highest BCUT2D eigenvalue weighted by molar-refractivity contribution is 5.68. The largest absolute Gasteiger partial charge is 0.482 e. The van der Waals surface area contributed by atoms with Gasteiger partial charge in [0.25, 0.3) is 0 Å². The first-order valence-corrected chi connectivity index (χ1v) is 9.80. The zero-order chi connectivity index (χ0) is 20.8. The number of hydrogen-bond acceptors (Lipinski definition) is 6. The number of aliphatic carboxylic acids is 1. The second kappa shape index (κ2) is 9.68. The summed E-state index contributed by atoms with van der Waals surface area (Å²) in [5.74, 6) is 5.64. The number of benzene rings is 1. The van der Waals surface area contributed by atoms with Crippen LogP contribution in [0.25, 0.3) is 0 Å². The number of fused-ring (bicyclic) bond motifs is 2. The summed E-state index contributed by atoms with van der Waals surface area (Å²) < 4.78 is 17.3. The van der Waals surface area contributed by atoms with Crippen molar-refractivity contribution in [3.8, 4) is 29.1 Å². The van der Waals surface area contributed by atoms with Crippen molar-refractivity contribution in [2.24, 2.45) is 5.92 Å². The highest BCUT2D eigenvalue weighted by Gasteiger charge is 2.47. The fourth-order valence-electron chi connectivity index (χ4n) is 3.55. The molecule has 1 aliphatic carbocycles. The first-order chi connectivity index (χ1) is 14.0. The molecular formula is C22H26O7. The standard InChI is InChI=1S/C22H26O7/c1-2-3-4-5-7-14(23)10-11-15-16(24)12-19-21(15)28-18-9-6-8-17(22(18)29-19)27-13-20(25)26/h6,8-11,14-16,19,21,23-24H,2,5,7,12-13H2,1H3,(H,25,26)/b11-10+. The number of rotatable bonds is 7. The van der Waals surface area contributed by atoms with Crippen molar-refractivity contribution in [3.05, 3.63) is 30.4 Å². The summed E-state index contributed by atoms with van der Waals surface area (Å²) in [6.07, 6.45) is 3.66. The Labute approximate surface area is 169 Å². The maximum atomic E-state index is 10.8. The van der Waals surface area contributed by atoms with Gasteiger partial charge in [0, 0.05) is 25.2 Å². The Morgan fingerprint density at radius 1 is 1.38 bits per heavy atom. The van der Waals surface area contributed by atoms with Gasteiger partial charge in [0.05, 0.1) is 12.2 Å². The molecule has 5 atom stereocenters. The summed E-state index contributed by atoms with van der Waals surface area (Å²) in [4.78, 5) is 10.8. The van der Waals surface area contributed by atoms with Crippen LogP contribution in [0, 0.1) is 17.8 Å². The maximum absolute atomic E-state index is 10.8. The molecule has 0 saturated heterocycles. The second-order valence-electron chi connectivity index (χ2n) is 7.08. The molecule has 7 heteroatoms. The Bertz CT molecular complexity index is 807. The van der Waals surface area contributed by atoms with Gasteiger partial charge >= 0.3 is 5.97 Å². The topological polar surface area (TPSA) is 105 Å². The molecule has 5 unspecified atom stereocenters. The van der Waals surface area contributed by atoms with E-state index in [2.05, 4.69) is 11.8 Å². The predicted molar refractivity (Wildman–Crippen MR) is 105 cm³/mol. The monoisotopic (exact) mass is 402 g/mol. The molecule has 3 rings (SSSR count). The van der Waals surface area contributed by atoms with E-state index in [0.29, 0.717) is 36.5 Å². The Morgan fingerprint density at radius 2 is 2.21 bits per heavy atom. The van der Waals surface area contributed by atoms with E-state index in [1.807, 2.05) is 6.92 Å². The fraction of sp³-hybridized carbons (Fsp3) is 0.500. The highest BCUT2D eigenvalue weighted by atomic mass is 16.6. The van der Waals surface area contributed by atoms with Crippen molar-refractivity contribution >= 4 is 5.97 Å². The van der Waals surface area contributed by atoms with Crippen LogP contribution in [0.4, 0.5) is 0 Å². The summed E-state index contributed by atoms with van der Waals surface area (Å²) in [5.41, 5.74) is 0. The van der Waals surface area contributed by atoms with Crippen molar-refractivity contribution in [1.82, 2.24) is 0 Å². The van der Waals surface area contributed by atoms with E-state index in [0.717, 1.165) is 6.42 Å². The lowest BCUT2D eigenvalue weighted by Gasteiger charge is -2.32. The SMILES string of the molecule is CCC#CCCC(O)/C=C/C1C(O)CC2Oc3c(OCC(=O)O)cccc3OC21. The van der Waals surface area contributed by atoms with Crippen LogP contribution in [0.1, 0.15) is 32.6 Å². The average molecular weight is 402 g/mol. The van der Waals surface area contributed by atoms with E-state index >= 15 is 0 Å². The fourth-order valence-corrected chi connectivity index (χ4v) is 3.55. The smallest absolute Gasteiger partial charge is 0.341 e. The molecule has 0 radical (unpaired) electrons. The average Bonchev–Trinajstić information content (AvgIpc) is 3.00. The van der Waals surface area contributed by atoms with E-state index < -0.39 is 37.0 Å². The number of aliphatic hydroxyl groups is 2. The Hall–Kier alpha value is -2.69. The Morgan fingerprint density at radius 3 is 2.97 bits per heavy atom. The number of carbonyl (C=O) groups is 1. The molecular weight excluding hydrogens is 376 g/mol. The maximum Gasteiger partial charge on any atom is 0.341 e. The van der Waals surface area contributed by atoms with E-state index in [-0.39, 0.29) is 5.92 Å². The van der Waals surface area contributed by atoms with Crippen molar-refractivity contribution in [1.29, 1.82) is 0 Å². The summed E-state index contributed by atoms with van der Waals surface area (Å²) >= 11 is 0. The molecule has 0 spiro atoms. The Kier molecular flexibility index (Phi) is 7.02. The molecule has 1 aromatic rings. The van der Waals surface area contributed by atoms with Crippen molar-refractivity contribution in [2.45, 2.75) is 57.0 Å². The van der Waals surface area contributed by atoms with Crippen LogP contribution in [0.15, 0.2) is 30.4 Å². The van der Waals surface area contributed by atoms with Crippen LogP contribution >= 0.6 is 0 Å². The van der Waals surface area contributed by atoms with Crippen LogP contribution in [0.2, 0.25) is 0 Å². The summed E-state index contributed by atoms with van der Waals surface area (Å²) in [6.45, 7) is 1.50. The lowest BCUT2D eigenvalue weighted by molar-refractivity contribution is -0.139. The molecule has 29 heavy (non-hydrogen) atoms. The minimum Gasteiger partial charge on any atom is -0.482 e. The number of para-hydroxylation sites is 1. The van der Waals surface area contributed by atoms with Crippen molar-refractivity contribution < 1.29 is 34.3 Å². The van der Waals surface area contributed by atoms with Crippen LogP contribution < -0.4 is 14.2 Å². The molecule has 2 aliphatic rings. The minimum atomic E-state index is -1.09. The van der Waals surface area contributed by atoms with Gasteiger partial charge in [-0.25, -0.2) is 4.79 Å². The summed E-state index contributed by atoms with van der Waals surface area (Å²) in [5, 5.41) is 29.4. The van der Waals surface area contributed by atoms with Gasteiger partial charge in [-0.2, -0.15) is 0 Å². The molecule has 0 bridgehead atoms. The number of hydrogen-bond donors (Lipinski definition) is 3. The van der Waals surface area contributed by atoms with Crippen LogP contribution in [-0.2, 0) is 4.79 Å². The highest BCUT2D eigenvalue weighted by Crippen LogP contribution is 2.46. The summed E-state index contributed by atoms with van der Waals surface area (Å²) in [7, 11) is 0. The first-order valence-electron chi connectivity index (χ1n) is 9.80. The first kappa shape index (κ1) is 21.0. The molecule has 1 fully saturated rings. The molecule has 1 aromatic carbocycles. The van der Waals surface area contributed by atoms with Gasteiger partial charge in [-0.3, -0.25) is 0 Å². The predicted octanol–water partition coefficient (Wildman–Crippen LogP) is 2.15. The molecule has 0 amide bonds. The van der Waals surface area contributed by atoms with Crippen molar-refractivity contribution in [3.63, 3.8) is 0 Å². The normalized spacial score (nSPS) is 25.8. The van der Waals surface area contributed by atoms with Gasteiger partial charge in [-0.15, -0.1) is 11.8 Å². The molecule has 1 heterocycles. The van der Waals surface area contributed by atoms with Gasteiger partial charge in [0.1, 0.15) is 12.2 Å². The van der Waals surface area contributed by atoms with Crippen molar-refractivity contribution in [2.75, 3.05) is 6.61 Å². The Balaban J connectivity index is 1.67. The zero-order valence-electron chi connectivity index (χ0n) is 16.3. The third-order valence-electron chi connectivity index (χ3n) is 4.91. The van der Waals surface area contributed by atoms with Gasteiger partial charge in [0.15, 0.2) is 18.1 Å². The van der Waals surface area contributed by atoms with E-state index in [9.17, 15) is 15.0 Å².